The van der Waals surface area contributed by atoms with Crippen molar-refractivity contribution >= 4 is 34.8 Å². The zero-order valence-corrected chi connectivity index (χ0v) is 15.6. The van der Waals surface area contributed by atoms with Crippen LogP contribution in [0.1, 0.15) is 32.3 Å². The van der Waals surface area contributed by atoms with E-state index in [-0.39, 0.29) is 11.6 Å². The molecule has 0 saturated carbocycles. The van der Waals surface area contributed by atoms with Crippen molar-refractivity contribution in [3.63, 3.8) is 0 Å². The van der Waals surface area contributed by atoms with E-state index in [1.807, 2.05) is 0 Å². The lowest BCUT2D eigenvalue weighted by atomic mass is 10.2. The third-order valence-electron chi connectivity index (χ3n) is 3.43. The van der Waals surface area contributed by atoms with E-state index >= 15 is 0 Å². The predicted molar refractivity (Wildman–Crippen MR) is 96.1 cm³/mol. The van der Waals surface area contributed by atoms with Gasteiger partial charge < -0.3 is 14.4 Å². The van der Waals surface area contributed by atoms with Crippen molar-refractivity contribution in [2.45, 2.75) is 13.0 Å². The smallest absolute Gasteiger partial charge is 0.357 e. The molecule has 0 spiro atoms. The standard InChI is InChI=1S/C17H19ClN2O4S/c1-23-9-3-8-20(16(21)12-4-6-13(18)7-5-12)10-15-19-14(11-25-15)17(22)24-2/h4-7,11H,3,8-10H2,1-2H3. The van der Waals surface area contributed by atoms with Crippen LogP contribution in [0.25, 0.3) is 0 Å². The number of hydrogen-bond acceptors (Lipinski definition) is 6. The minimum atomic E-state index is -0.488. The number of ether oxygens (including phenoxy) is 2. The van der Waals surface area contributed by atoms with Crippen LogP contribution < -0.4 is 0 Å². The Morgan fingerprint density at radius 1 is 1.24 bits per heavy atom. The summed E-state index contributed by atoms with van der Waals surface area (Å²) in [4.78, 5) is 30.2. The molecule has 0 aliphatic rings. The Morgan fingerprint density at radius 2 is 1.96 bits per heavy atom. The van der Waals surface area contributed by atoms with Crippen LogP contribution in [0.2, 0.25) is 5.02 Å². The van der Waals surface area contributed by atoms with E-state index < -0.39 is 5.97 Å². The van der Waals surface area contributed by atoms with Gasteiger partial charge in [-0.3, -0.25) is 4.79 Å². The van der Waals surface area contributed by atoms with Crippen LogP contribution in [0.3, 0.4) is 0 Å². The van der Waals surface area contributed by atoms with Gasteiger partial charge in [-0.05, 0) is 30.7 Å². The SMILES string of the molecule is COCCCN(Cc1nc(C(=O)OC)cs1)C(=O)c1ccc(Cl)cc1. The normalized spacial score (nSPS) is 10.5. The molecular weight excluding hydrogens is 364 g/mol. The van der Waals surface area contributed by atoms with Crippen molar-refractivity contribution < 1.29 is 19.1 Å². The summed E-state index contributed by atoms with van der Waals surface area (Å²) in [7, 11) is 2.93. The maximum Gasteiger partial charge on any atom is 0.357 e. The van der Waals surface area contributed by atoms with Crippen LogP contribution in [0.15, 0.2) is 29.6 Å². The number of hydrogen-bond donors (Lipinski definition) is 0. The summed E-state index contributed by atoms with van der Waals surface area (Å²) in [6, 6.07) is 6.74. The van der Waals surface area contributed by atoms with Gasteiger partial charge in [0, 0.05) is 36.2 Å². The van der Waals surface area contributed by atoms with Gasteiger partial charge in [0.05, 0.1) is 13.7 Å². The molecule has 134 valence electrons. The number of amides is 1. The van der Waals surface area contributed by atoms with Crippen LogP contribution in [-0.2, 0) is 16.0 Å². The minimum Gasteiger partial charge on any atom is -0.464 e. The summed E-state index contributed by atoms with van der Waals surface area (Å²) in [5, 5.41) is 2.87. The minimum absolute atomic E-state index is 0.123. The number of methoxy groups -OCH3 is 2. The highest BCUT2D eigenvalue weighted by Crippen LogP contribution is 2.17. The molecule has 0 fully saturated rings. The molecule has 0 N–H and O–H groups in total. The van der Waals surface area contributed by atoms with Crippen LogP contribution in [0.5, 0.6) is 0 Å². The average Bonchev–Trinajstić information content (AvgIpc) is 3.09. The lowest BCUT2D eigenvalue weighted by Crippen LogP contribution is -2.32. The second-order valence-corrected chi connectivity index (χ2v) is 6.58. The Balaban J connectivity index is 2.14. The highest BCUT2D eigenvalue weighted by atomic mass is 35.5. The summed E-state index contributed by atoms with van der Waals surface area (Å²) in [6.45, 7) is 1.38. The van der Waals surface area contributed by atoms with Gasteiger partial charge in [-0.25, -0.2) is 9.78 Å². The second-order valence-electron chi connectivity index (χ2n) is 5.20. The summed E-state index contributed by atoms with van der Waals surface area (Å²) in [5.74, 6) is -0.611. The number of carbonyl (C=O) groups excluding carboxylic acids is 2. The first-order valence-electron chi connectivity index (χ1n) is 7.61. The van der Waals surface area contributed by atoms with Gasteiger partial charge in [0.15, 0.2) is 5.69 Å². The molecule has 0 unspecified atom stereocenters. The third-order valence-corrected chi connectivity index (χ3v) is 4.51. The van der Waals surface area contributed by atoms with Gasteiger partial charge in [-0.15, -0.1) is 11.3 Å². The van der Waals surface area contributed by atoms with E-state index in [0.29, 0.717) is 41.7 Å². The quantitative estimate of drug-likeness (QED) is 0.517. The molecule has 1 aromatic carbocycles. The number of esters is 1. The zero-order valence-electron chi connectivity index (χ0n) is 14.0. The summed E-state index contributed by atoms with van der Waals surface area (Å²) < 4.78 is 9.72. The highest BCUT2D eigenvalue weighted by Gasteiger charge is 2.19. The molecule has 0 radical (unpaired) electrons. The van der Waals surface area contributed by atoms with Gasteiger partial charge in [0.1, 0.15) is 5.01 Å². The van der Waals surface area contributed by atoms with Crippen molar-refractivity contribution in [3.05, 3.63) is 50.9 Å². The Hall–Kier alpha value is -1.96. The van der Waals surface area contributed by atoms with Gasteiger partial charge >= 0.3 is 5.97 Å². The molecule has 0 atom stereocenters. The molecule has 0 aliphatic heterocycles. The molecule has 1 aromatic heterocycles. The summed E-state index contributed by atoms with van der Waals surface area (Å²) in [6.07, 6.45) is 0.699. The largest absolute Gasteiger partial charge is 0.464 e. The molecular formula is C17H19ClN2O4S. The first-order chi connectivity index (χ1) is 12.0. The van der Waals surface area contributed by atoms with Gasteiger partial charge in [-0.1, -0.05) is 11.6 Å². The number of thiazole rings is 1. The zero-order chi connectivity index (χ0) is 18.2. The van der Waals surface area contributed by atoms with Crippen LogP contribution in [0, 0.1) is 0 Å². The van der Waals surface area contributed by atoms with Crippen molar-refractivity contribution in [1.29, 1.82) is 0 Å². The number of carbonyl (C=O) groups is 2. The maximum absolute atomic E-state index is 12.8. The van der Waals surface area contributed by atoms with Gasteiger partial charge in [-0.2, -0.15) is 0 Å². The molecule has 1 heterocycles. The topological polar surface area (TPSA) is 68.7 Å². The van der Waals surface area contributed by atoms with E-state index in [1.165, 1.54) is 18.4 Å². The third kappa shape index (κ3) is 5.52. The number of halogens is 1. The van der Waals surface area contributed by atoms with Crippen LogP contribution >= 0.6 is 22.9 Å². The van der Waals surface area contributed by atoms with E-state index in [0.717, 1.165) is 0 Å². The lowest BCUT2D eigenvalue weighted by Gasteiger charge is -2.21. The second kappa shape index (κ2) is 9.50. The van der Waals surface area contributed by atoms with Crippen molar-refractivity contribution in [3.8, 4) is 0 Å². The fraction of sp³-hybridized carbons (Fsp3) is 0.353. The Labute approximate surface area is 155 Å². The molecule has 2 aromatic rings. The molecule has 0 saturated heterocycles. The maximum atomic E-state index is 12.8. The lowest BCUT2D eigenvalue weighted by molar-refractivity contribution is 0.0594. The van der Waals surface area contributed by atoms with E-state index in [4.69, 9.17) is 16.3 Å². The number of rotatable bonds is 8. The monoisotopic (exact) mass is 382 g/mol. The Morgan fingerprint density at radius 3 is 2.60 bits per heavy atom. The van der Waals surface area contributed by atoms with Crippen molar-refractivity contribution in [1.82, 2.24) is 9.88 Å². The molecule has 8 heteroatoms. The number of aromatic nitrogens is 1. The molecule has 1 amide bonds. The molecule has 0 bridgehead atoms. The predicted octanol–water partition coefficient (Wildman–Crippen LogP) is 3.26. The van der Waals surface area contributed by atoms with E-state index in [2.05, 4.69) is 9.72 Å². The Kier molecular flexibility index (Phi) is 7.36. The van der Waals surface area contributed by atoms with Gasteiger partial charge in [0.25, 0.3) is 5.91 Å². The first kappa shape index (κ1) is 19.4. The fourth-order valence-corrected chi connectivity index (χ4v) is 3.08. The van der Waals surface area contributed by atoms with E-state index in [9.17, 15) is 9.59 Å². The van der Waals surface area contributed by atoms with Crippen LogP contribution in [-0.4, -0.2) is 49.1 Å². The molecule has 25 heavy (non-hydrogen) atoms. The molecule has 6 nitrogen and oxygen atoms in total. The van der Waals surface area contributed by atoms with Crippen LogP contribution in [0.4, 0.5) is 0 Å². The van der Waals surface area contributed by atoms with Crippen molar-refractivity contribution in [2.24, 2.45) is 0 Å². The highest BCUT2D eigenvalue weighted by molar-refractivity contribution is 7.09. The first-order valence-corrected chi connectivity index (χ1v) is 8.87. The molecule has 2 rings (SSSR count). The van der Waals surface area contributed by atoms with E-state index in [1.54, 1.807) is 41.7 Å². The van der Waals surface area contributed by atoms with Gasteiger partial charge in [0.2, 0.25) is 0 Å². The van der Waals surface area contributed by atoms with Crippen molar-refractivity contribution in [2.75, 3.05) is 27.4 Å². The number of benzene rings is 1. The summed E-state index contributed by atoms with van der Waals surface area (Å²) in [5.41, 5.74) is 0.796. The average molecular weight is 383 g/mol. The number of nitrogens with zero attached hydrogens (tertiary/aromatic N) is 2. The summed E-state index contributed by atoms with van der Waals surface area (Å²) >= 11 is 7.20. The Bertz CT molecular complexity index is 718. The fourth-order valence-electron chi connectivity index (χ4n) is 2.17. The molecule has 0 aliphatic carbocycles.